The van der Waals surface area contributed by atoms with E-state index in [4.69, 9.17) is 28.3 Å². The second-order valence-corrected chi connectivity index (χ2v) is 4.97. The number of carboxylic acids is 1. The highest BCUT2D eigenvalue weighted by Gasteiger charge is 2.68. The van der Waals surface area contributed by atoms with Crippen molar-refractivity contribution in [2.45, 2.75) is 10.3 Å². The third-order valence-electron chi connectivity index (χ3n) is 2.53. The lowest BCUT2D eigenvalue weighted by atomic mass is 10.1. The maximum Gasteiger partial charge on any atom is 0.310 e. The van der Waals surface area contributed by atoms with Crippen LogP contribution in [-0.4, -0.2) is 15.4 Å². The predicted molar refractivity (Wildman–Crippen MR) is 54.7 cm³/mol. The monoisotopic (exact) mass is 248 g/mol. The molecule has 5 heteroatoms. The van der Waals surface area contributed by atoms with E-state index in [0.29, 0.717) is 5.56 Å². The Kier molecular flexibility index (Phi) is 2.40. The number of halogens is 3. The molecule has 1 fully saturated rings. The summed E-state index contributed by atoms with van der Waals surface area (Å²) in [7, 11) is 0. The van der Waals surface area contributed by atoms with Gasteiger partial charge in [0.25, 0.3) is 0 Å². The number of hydrogen-bond acceptors (Lipinski definition) is 1. The van der Waals surface area contributed by atoms with E-state index in [1.165, 1.54) is 18.2 Å². The summed E-state index contributed by atoms with van der Waals surface area (Å²) in [6.07, 6.45) is 0. The number of alkyl halides is 2. The minimum atomic E-state index is -1.32. The SMILES string of the molecule is O=C(O)[C@H]1[C@H](c2cccc(F)c2)C1(Cl)Cl. The number of carboxylic acid groups (broad SMARTS) is 1. The van der Waals surface area contributed by atoms with Crippen LogP contribution in [0.2, 0.25) is 0 Å². The fraction of sp³-hybridized carbons (Fsp3) is 0.300. The van der Waals surface area contributed by atoms with Gasteiger partial charge in [0, 0.05) is 5.92 Å². The summed E-state index contributed by atoms with van der Waals surface area (Å²) in [4.78, 5) is 10.8. The van der Waals surface area contributed by atoms with Gasteiger partial charge in [-0.1, -0.05) is 35.3 Å². The number of benzene rings is 1. The molecule has 1 aromatic rings. The summed E-state index contributed by atoms with van der Waals surface area (Å²) in [5.74, 6) is -2.88. The van der Waals surface area contributed by atoms with Crippen LogP contribution < -0.4 is 0 Å². The van der Waals surface area contributed by atoms with Gasteiger partial charge in [0.05, 0.1) is 5.92 Å². The Morgan fingerprint density at radius 1 is 1.47 bits per heavy atom. The first kappa shape index (κ1) is 10.7. The van der Waals surface area contributed by atoms with Crippen LogP contribution in [0.4, 0.5) is 4.39 Å². The lowest BCUT2D eigenvalue weighted by Gasteiger charge is -1.99. The Bertz CT molecular complexity index is 420. The standard InChI is InChI=1S/C10H7Cl2FO2/c11-10(12)7(8(10)9(14)15)5-2-1-3-6(13)4-5/h1-4,7-8H,(H,14,15)/t7-,8+/m0/s1. The van der Waals surface area contributed by atoms with Crippen LogP contribution in [0.5, 0.6) is 0 Å². The molecule has 0 heterocycles. The van der Waals surface area contributed by atoms with Crippen molar-refractivity contribution in [1.29, 1.82) is 0 Å². The van der Waals surface area contributed by atoms with Crippen LogP contribution in [0.25, 0.3) is 0 Å². The van der Waals surface area contributed by atoms with Crippen LogP contribution in [0.1, 0.15) is 11.5 Å². The van der Waals surface area contributed by atoms with E-state index in [9.17, 15) is 9.18 Å². The van der Waals surface area contributed by atoms with E-state index in [1.54, 1.807) is 6.07 Å². The first-order chi connectivity index (χ1) is 6.94. The highest BCUT2D eigenvalue weighted by atomic mass is 35.5. The molecule has 2 atom stereocenters. The molecule has 2 rings (SSSR count). The van der Waals surface area contributed by atoms with Gasteiger partial charge in [-0.15, -0.1) is 0 Å². The quantitative estimate of drug-likeness (QED) is 0.818. The lowest BCUT2D eigenvalue weighted by molar-refractivity contribution is -0.138. The van der Waals surface area contributed by atoms with Gasteiger partial charge in [0.2, 0.25) is 0 Å². The normalized spacial score (nSPS) is 27.4. The molecule has 0 aromatic heterocycles. The summed E-state index contributed by atoms with van der Waals surface area (Å²) in [6, 6.07) is 5.67. The highest BCUT2D eigenvalue weighted by Crippen LogP contribution is 2.64. The molecule has 0 bridgehead atoms. The number of hydrogen-bond donors (Lipinski definition) is 1. The Morgan fingerprint density at radius 2 is 2.13 bits per heavy atom. The fourth-order valence-electron chi connectivity index (χ4n) is 1.75. The molecule has 0 radical (unpaired) electrons. The topological polar surface area (TPSA) is 37.3 Å². The average Bonchev–Trinajstić information content (AvgIpc) is 2.69. The van der Waals surface area contributed by atoms with Crippen molar-refractivity contribution in [2.75, 3.05) is 0 Å². The average molecular weight is 249 g/mol. The molecule has 0 amide bonds. The van der Waals surface area contributed by atoms with Gasteiger partial charge in [0.15, 0.2) is 0 Å². The van der Waals surface area contributed by atoms with Gasteiger partial charge < -0.3 is 5.11 Å². The lowest BCUT2D eigenvalue weighted by Crippen LogP contribution is -2.03. The van der Waals surface area contributed by atoms with Crippen LogP contribution in [0, 0.1) is 11.7 Å². The molecule has 0 unspecified atom stereocenters. The van der Waals surface area contributed by atoms with Gasteiger partial charge >= 0.3 is 5.97 Å². The summed E-state index contributed by atoms with van der Waals surface area (Å²) >= 11 is 11.6. The maximum atomic E-state index is 12.9. The minimum Gasteiger partial charge on any atom is -0.481 e. The van der Waals surface area contributed by atoms with E-state index >= 15 is 0 Å². The van der Waals surface area contributed by atoms with Gasteiger partial charge in [-0.3, -0.25) is 4.79 Å². The van der Waals surface area contributed by atoms with Crippen LogP contribution in [0.15, 0.2) is 24.3 Å². The Labute approximate surface area is 95.6 Å². The second-order valence-electron chi connectivity index (χ2n) is 3.52. The predicted octanol–water partition coefficient (Wildman–Crippen LogP) is 2.80. The molecule has 1 saturated carbocycles. The first-order valence-electron chi connectivity index (χ1n) is 4.30. The van der Waals surface area contributed by atoms with Crippen molar-refractivity contribution in [2.24, 2.45) is 5.92 Å². The zero-order valence-electron chi connectivity index (χ0n) is 7.45. The smallest absolute Gasteiger partial charge is 0.310 e. The molecular weight excluding hydrogens is 242 g/mol. The van der Waals surface area contributed by atoms with Crippen molar-refractivity contribution >= 4 is 29.2 Å². The zero-order chi connectivity index (χ0) is 11.2. The van der Waals surface area contributed by atoms with Gasteiger partial charge in [-0.25, -0.2) is 4.39 Å². The largest absolute Gasteiger partial charge is 0.481 e. The Morgan fingerprint density at radius 3 is 2.60 bits per heavy atom. The molecule has 0 saturated heterocycles. The maximum absolute atomic E-state index is 12.9. The summed E-state index contributed by atoms with van der Waals surface area (Å²) in [5, 5.41) is 8.83. The summed E-state index contributed by atoms with van der Waals surface area (Å²) in [6.45, 7) is 0. The first-order valence-corrected chi connectivity index (χ1v) is 5.06. The second kappa shape index (κ2) is 3.35. The Balaban J connectivity index is 2.31. The summed E-state index contributed by atoms with van der Waals surface area (Å²) < 4.78 is 11.6. The molecule has 1 N–H and O–H groups in total. The number of carbonyl (C=O) groups is 1. The van der Waals surface area contributed by atoms with Crippen molar-refractivity contribution < 1.29 is 14.3 Å². The van der Waals surface area contributed by atoms with Crippen molar-refractivity contribution in [3.05, 3.63) is 35.6 Å². The van der Waals surface area contributed by atoms with E-state index < -0.39 is 28.0 Å². The van der Waals surface area contributed by atoms with Crippen molar-refractivity contribution in [3.8, 4) is 0 Å². The van der Waals surface area contributed by atoms with Crippen LogP contribution in [-0.2, 0) is 4.79 Å². The molecule has 0 spiro atoms. The van der Waals surface area contributed by atoms with Gasteiger partial charge in [0.1, 0.15) is 10.2 Å². The molecule has 0 aliphatic heterocycles. The molecule has 80 valence electrons. The van der Waals surface area contributed by atoms with E-state index in [1.807, 2.05) is 0 Å². The molecule has 2 nitrogen and oxygen atoms in total. The molecule has 1 aliphatic carbocycles. The molecular formula is C10H7Cl2FO2. The summed E-state index contributed by atoms with van der Waals surface area (Å²) in [5.41, 5.74) is 0.521. The number of aliphatic carboxylic acids is 1. The number of rotatable bonds is 2. The van der Waals surface area contributed by atoms with Crippen molar-refractivity contribution in [3.63, 3.8) is 0 Å². The molecule has 1 aromatic carbocycles. The Hall–Kier alpha value is -0.800. The molecule has 15 heavy (non-hydrogen) atoms. The van der Waals surface area contributed by atoms with Crippen molar-refractivity contribution in [1.82, 2.24) is 0 Å². The van der Waals surface area contributed by atoms with Gasteiger partial charge in [-0.2, -0.15) is 0 Å². The van der Waals surface area contributed by atoms with Crippen LogP contribution in [0.3, 0.4) is 0 Å². The van der Waals surface area contributed by atoms with Crippen LogP contribution >= 0.6 is 23.2 Å². The molecule has 1 aliphatic rings. The fourth-order valence-corrected chi connectivity index (χ4v) is 2.57. The highest BCUT2D eigenvalue weighted by molar-refractivity contribution is 6.53. The minimum absolute atomic E-state index is 0.423. The zero-order valence-corrected chi connectivity index (χ0v) is 8.97. The van der Waals surface area contributed by atoms with E-state index in [2.05, 4.69) is 0 Å². The third kappa shape index (κ3) is 1.70. The van der Waals surface area contributed by atoms with E-state index in [-0.39, 0.29) is 0 Å². The third-order valence-corrected chi connectivity index (χ3v) is 3.47. The van der Waals surface area contributed by atoms with Gasteiger partial charge in [-0.05, 0) is 17.7 Å². The van der Waals surface area contributed by atoms with E-state index in [0.717, 1.165) is 0 Å².